The Kier molecular flexibility index (Phi) is 5.79. The van der Waals surface area contributed by atoms with E-state index in [0.717, 1.165) is 6.42 Å². The molecule has 1 heterocycles. The number of carbonyl (C=O) groups excluding carboxylic acids is 1. The van der Waals surface area contributed by atoms with Crippen molar-refractivity contribution >= 4 is 23.5 Å². The number of thioether (sulfide) groups is 1. The van der Waals surface area contributed by atoms with Gasteiger partial charge in [-0.2, -0.15) is 11.8 Å². The first-order chi connectivity index (χ1) is 8.17. The number of anilines is 1. The van der Waals surface area contributed by atoms with Crippen molar-refractivity contribution in [2.45, 2.75) is 18.6 Å². The minimum Gasteiger partial charge on any atom is -0.352 e. The second-order valence-corrected chi connectivity index (χ2v) is 4.94. The van der Waals surface area contributed by atoms with Crippen LogP contribution in [0.5, 0.6) is 0 Å². The molecule has 6 heteroatoms. The molecule has 1 unspecified atom stereocenters. The molecule has 5 nitrogen and oxygen atoms in total. The van der Waals surface area contributed by atoms with Crippen LogP contribution in [-0.4, -0.2) is 28.9 Å². The van der Waals surface area contributed by atoms with Gasteiger partial charge in [-0.05, 0) is 24.8 Å². The van der Waals surface area contributed by atoms with Crippen LogP contribution in [0, 0.1) is 0 Å². The molecular formula is C11H18N4OS. The Morgan fingerprint density at radius 1 is 1.59 bits per heavy atom. The third-order valence-electron chi connectivity index (χ3n) is 2.41. The summed E-state index contributed by atoms with van der Waals surface area (Å²) < 4.78 is 0. The SMILES string of the molecule is CSC(C)CCNC(=O)c1ccc(NN)nc1. The molecule has 0 aromatic carbocycles. The first-order valence-electron chi connectivity index (χ1n) is 5.41. The highest BCUT2D eigenvalue weighted by atomic mass is 32.2. The van der Waals surface area contributed by atoms with Crippen LogP contribution in [0.15, 0.2) is 18.3 Å². The highest BCUT2D eigenvalue weighted by Gasteiger charge is 2.06. The molecule has 1 aromatic rings. The van der Waals surface area contributed by atoms with Gasteiger partial charge in [0.1, 0.15) is 5.82 Å². The quantitative estimate of drug-likeness (QED) is 0.526. The van der Waals surface area contributed by atoms with E-state index in [1.165, 1.54) is 6.20 Å². The third-order valence-corrected chi connectivity index (χ3v) is 3.45. The molecule has 0 spiro atoms. The molecule has 17 heavy (non-hydrogen) atoms. The number of pyridine rings is 1. The Bertz CT molecular complexity index is 355. The second kappa shape index (κ2) is 7.13. The van der Waals surface area contributed by atoms with E-state index in [4.69, 9.17) is 5.84 Å². The minimum atomic E-state index is -0.102. The summed E-state index contributed by atoms with van der Waals surface area (Å²) in [5.41, 5.74) is 2.96. The van der Waals surface area contributed by atoms with Crippen LogP contribution in [0.1, 0.15) is 23.7 Å². The van der Waals surface area contributed by atoms with E-state index in [9.17, 15) is 4.79 Å². The summed E-state index contributed by atoms with van der Waals surface area (Å²) in [6.45, 7) is 2.82. The fourth-order valence-electron chi connectivity index (χ4n) is 1.22. The fraction of sp³-hybridized carbons (Fsp3) is 0.455. The molecule has 0 radical (unpaired) electrons. The number of nitrogens with two attached hydrogens (primary N) is 1. The van der Waals surface area contributed by atoms with Crippen LogP contribution < -0.4 is 16.6 Å². The number of nitrogen functional groups attached to an aromatic ring is 1. The largest absolute Gasteiger partial charge is 0.352 e. The van der Waals surface area contributed by atoms with E-state index in [1.54, 1.807) is 23.9 Å². The molecule has 0 bridgehead atoms. The van der Waals surface area contributed by atoms with Crippen LogP contribution in [0.4, 0.5) is 5.82 Å². The number of amides is 1. The predicted molar refractivity (Wildman–Crippen MR) is 72.0 cm³/mol. The molecule has 1 amide bonds. The second-order valence-electron chi connectivity index (χ2n) is 3.67. The fourth-order valence-corrected chi connectivity index (χ4v) is 1.58. The number of rotatable bonds is 6. The topological polar surface area (TPSA) is 80.0 Å². The smallest absolute Gasteiger partial charge is 0.252 e. The van der Waals surface area contributed by atoms with Gasteiger partial charge in [0.05, 0.1) is 5.56 Å². The van der Waals surface area contributed by atoms with Crippen LogP contribution in [0.25, 0.3) is 0 Å². The number of nitrogens with one attached hydrogen (secondary N) is 2. The van der Waals surface area contributed by atoms with Gasteiger partial charge in [-0.3, -0.25) is 4.79 Å². The van der Waals surface area contributed by atoms with Gasteiger partial charge in [-0.15, -0.1) is 0 Å². The normalized spacial score (nSPS) is 11.9. The van der Waals surface area contributed by atoms with Gasteiger partial charge in [-0.1, -0.05) is 6.92 Å². The zero-order valence-electron chi connectivity index (χ0n) is 10.1. The average molecular weight is 254 g/mol. The molecule has 0 aliphatic rings. The first kappa shape index (κ1) is 13.8. The standard InChI is InChI=1S/C11H18N4OS/c1-8(17-2)5-6-13-11(16)9-3-4-10(15-12)14-7-9/h3-4,7-8H,5-6,12H2,1-2H3,(H,13,16)(H,14,15). The molecule has 0 saturated heterocycles. The van der Waals surface area contributed by atoms with Crippen molar-refractivity contribution in [1.29, 1.82) is 0 Å². The van der Waals surface area contributed by atoms with Crippen molar-refractivity contribution in [2.75, 3.05) is 18.2 Å². The van der Waals surface area contributed by atoms with E-state index in [1.807, 2.05) is 0 Å². The molecule has 0 saturated carbocycles. The summed E-state index contributed by atoms with van der Waals surface area (Å²) in [4.78, 5) is 15.7. The lowest BCUT2D eigenvalue weighted by Gasteiger charge is -2.09. The van der Waals surface area contributed by atoms with E-state index in [0.29, 0.717) is 23.2 Å². The van der Waals surface area contributed by atoms with Gasteiger partial charge in [0, 0.05) is 18.0 Å². The summed E-state index contributed by atoms with van der Waals surface area (Å²) in [5.74, 6) is 5.63. The lowest BCUT2D eigenvalue weighted by molar-refractivity contribution is 0.0953. The van der Waals surface area contributed by atoms with Crippen LogP contribution in [0.2, 0.25) is 0 Å². The number of hydrogen-bond donors (Lipinski definition) is 3. The Labute approximate surface area is 106 Å². The average Bonchev–Trinajstić information content (AvgIpc) is 2.38. The van der Waals surface area contributed by atoms with Crippen molar-refractivity contribution < 1.29 is 4.79 Å². The zero-order chi connectivity index (χ0) is 12.7. The molecule has 1 aromatic heterocycles. The number of hydrazine groups is 1. The van der Waals surface area contributed by atoms with Gasteiger partial charge >= 0.3 is 0 Å². The summed E-state index contributed by atoms with van der Waals surface area (Å²) in [7, 11) is 0. The summed E-state index contributed by atoms with van der Waals surface area (Å²) >= 11 is 1.79. The van der Waals surface area contributed by atoms with Crippen LogP contribution >= 0.6 is 11.8 Å². The van der Waals surface area contributed by atoms with Gasteiger partial charge < -0.3 is 10.7 Å². The first-order valence-corrected chi connectivity index (χ1v) is 6.69. The predicted octanol–water partition coefficient (Wildman–Crippen LogP) is 1.24. The van der Waals surface area contributed by atoms with E-state index in [-0.39, 0.29) is 5.91 Å². The minimum absolute atomic E-state index is 0.102. The Balaban J connectivity index is 2.41. The van der Waals surface area contributed by atoms with Gasteiger partial charge in [0.15, 0.2) is 0 Å². The molecule has 1 rings (SSSR count). The maximum Gasteiger partial charge on any atom is 0.252 e. The highest BCUT2D eigenvalue weighted by Crippen LogP contribution is 2.08. The number of nitrogens with zero attached hydrogens (tertiary/aromatic N) is 1. The summed E-state index contributed by atoms with van der Waals surface area (Å²) in [6, 6.07) is 3.36. The highest BCUT2D eigenvalue weighted by molar-refractivity contribution is 7.99. The van der Waals surface area contributed by atoms with Crippen molar-refractivity contribution in [3.8, 4) is 0 Å². The summed E-state index contributed by atoms with van der Waals surface area (Å²) in [6.07, 6.45) is 4.53. The molecule has 1 atom stereocenters. The Hall–Kier alpha value is -1.27. The van der Waals surface area contributed by atoms with Crippen molar-refractivity contribution in [1.82, 2.24) is 10.3 Å². The lowest BCUT2D eigenvalue weighted by Crippen LogP contribution is -2.26. The molecule has 0 fully saturated rings. The maximum atomic E-state index is 11.7. The maximum absolute atomic E-state index is 11.7. The van der Waals surface area contributed by atoms with Crippen LogP contribution in [-0.2, 0) is 0 Å². The molecule has 94 valence electrons. The molecular weight excluding hydrogens is 236 g/mol. The molecule has 4 N–H and O–H groups in total. The van der Waals surface area contributed by atoms with E-state index >= 15 is 0 Å². The van der Waals surface area contributed by atoms with Gasteiger partial charge in [0.25, 0.3) is 5.91 Å². The monoisotopic (exact) mass is 254 g/mol. The Morgan fingerprint density at radius 3 is 2.88 bits per heavy atom. The third kappa shape index (κ3) is 4.62. The number of hydrogen-bond acceptors (Lipinski definition) is 5. The van der Waals surface area contributed by atoms with E-state index in [2.05, 4.69) is 28.9 Å². The van der Waals surface area contributed by atoms with Crippen molar-refractivity contribution in [3.05, 3.63) is 23.9 Å². The number of aromatic nitrogens is 1. The lowest BCUT2D eigenvalue weighted by atomic mass is 10.2. The van der Waals surface area contributed by atoms with Crippen molar-refractivity contribution in [2.24, 2.45) is 5.84 Å². The zero-order valence-corrected chi connectivity index (χ0v) is 10.9. The molecule has 0 aliphatic carbocycles. The Morgan fingerprint density at radius 2 is 2.35 bits per heavy atom. The summed E-state index contributed by atoms with van der Waals surface area (Å²) in [5, 5.41) is 3.41. The van der Waals surface area contributed by atoms with Crippen molar-refractivity contribution in [3.63, 3.8) is 0 Å². The van der Waals surface area contributed by atoms with Crippen LogP contribution in [0.3, 0.4) is 0 Å². The number of carbonyl (C=O) groups is 1. The molecule has 0 aliphatic heterocycles. The van der Waals surface area contributed by atoms with E-state index < -0.39 is 0 Å². The van der Waals surface area contributed by atoms with Gasteiger partial charge in [-0.25, -0.2) is 10.8 Å². The van der Waals surface area contributed by atoms with Gasteiger partial charge in [0.2, 0.25) is 0 Å².